The van der Waals surface area contributed by atoms with Gasteiger partial charge in [-0.1, -0.05) is 47.6 Å². The lowest BCUT2D eigenvalue weighted by molar-refractivity contribution is -0.120. The van der Waals surface area contributed by atoms with Gasteiger partial charge in [-0.2, -0.15) is 0 Å². The van der Waals surface area contributed by atoms with Crippen molar-refractivity contribution in [2.45, 2.75) is 39.0 Å². The molecule has 5 nitrogen and oxygen atoms in total. The number of nitrogens with one attached hydrogen (secondary N) is 1. The Hall–Kier alpha value is -2.66. The van der Waals surface area contributed by atoms with E-state index in [-0.39, 0.29) is 12.3 Å². The number of carbonyl (C=O) groups excluding carboxylic acids is 1. The number of carbonyl (C=O) groups is 1. The Bertz CT molecular complexity index is 973. The van der Waals surface area contributed by atoms with Gasteiger partial charge in [0.2, 0.25) is 5.91 Å². The van der Waals surface area contributed by atoms with Crippen molar-refractivity contribution in [1.82, 2.24) is 10.5 Å². The fourth-order valence-electron chi connectivity index (χ4n) is 3.87. The highest BCUT2D eigenvalue weighted by atomic mass is 16.5. The molecule has 2 aromatic carbocycles. The lowest BCUT2D eigenvalue weighted by Crippen LogP contribution is -2.30. The molecule has 1 amide bonds. The summed E-state index contributed by atoms with van der Waals surface area (Å²) >= 11 is 0. The van der Waals surface area contributed by atoms with Gasteiger partial charge in [-0.25, -0.2) is 0 Å². The first kappa shape index (κ1) is 19.6. The number of fused-ring (bicyclic) bond motifs is 1. The summed E-state index contributed by atoms with van der Waals surface area (Å²) in [5, 5.41) is 9.68. The number of aryl methyl sites for hydroxylation is 2. The summed E-state index contributed by atoms with van der Waals surface area (Å²) in [5.41, 5.74) is 3.07. The number of hydrogen-bond donors (Lipinski definition) is 1. The standard InChI is InChI=1S/C24H28N2O3/c1-17-22(14-24(27)25-15-19-11-12-28-16-19)26-29-23(17)8-4-5-18-9-10-20-6-2-3-7-21(20)13-18/h2-3,6-7,9-10,13,19H,4-5,8,11-12,14-16H2,1H3,(H,25,27). The predicted octanol–water partition coefficient (Wildman–Crippen LogP) is 4.01. The van der Waals surface area contributed by atoms with E-state index < -0.39 is 0 Å². The molecule has 0 saturated carbocycles. The third-order valence-electron chi connectivity index (χ3n) is 5.74. The van der Waals surface area contributed by atoms with Crippen LogP contribution in [0.3, 0.4) is 0 Å². The summed E-state index contributed by atoms with van der Waals surface area (Å²) < 4.78 is 10.9. The summed E-state index contributed by atoms with van der Waals surface area (Å²) in [6, 6.07) is 15.1. The zero-order valence-electron chi connectivity index (χ0n) is 16.9. The molecule has 1 saturated heterocycles. The number of ether oxygens (including phenoxy) is 1. The van der Waals surface area contributed by atoms with Crippen LogP contribution in [0.1, 0.15) is 35.4 Å². The number of amides is 1. The smallest absolute Gasteiger partial charge is 0.226 e. The molecule has 1 fully saturated rings. The van der Waals surface area contributed by atoms with E-state index in [1.54, 1.807) is 0 Å². The van der Waals surface area contributed by atoms with Gasteiger partial charge in [0.1, 0.15) is 5.76 Å². The lowest BCUT2D eigenvalue weighted by Gasteiger charge is -2.08. The van der Waals surface area contributed by atoms with Crippen LogP contribution in [0.15, 0.2) is 47.0 Å². The number of nitrogens with zero attached hydrogens (tertiary/aromatic N) is 1. The maximum absolute atomic E-state index is 12.2. The molecular formula is C24H28N2O3. The molecule has 0 bridgehead atoms. The van der Waals surface area contributed by atoms with Crippen LogP contribution in [0.5, 0.6) is 0 Å². The fraction of sp³-hybridized carbons (Fsp3) is 0.417. The molecule has 0 aliphatic carbocycles. The third kappa shape index (κ3) is 5.04. The van der Waals surface area contributed by atoms with Gasteiger partial charge in [-0.15, -0.1) is 0 Å². The van der Waals surface area contributed by atoms with E-state index in [2.05, 4.69) is 52.9 Å². The Balaban J connectivity index is 1.27. The van der Waals surface area contributed by atoms with E-state index in [9.17, 15) is 4.79 Å². The first-order chi connectivity index (χ1) is 14.2. The molecule has 4 rings (SSSR count). The second-order valence-electron chi connectivity index (χ2n) is 7.92. The van der Waals surface area contributed by atoms with E-state index in [0.29, 0.717) is 12.5 Å². The predicted molar refractivity (Wildman–Crippen MR) is 113 cm³/mol. The van der Waals surface area contributed by atoms with Crippen molar-refractivity contribution >= 4 is 16.7 Å². The zero-order chi connectivity index (χ0) is 20.1. The van der Waals surface area contributed by atoms with Crippen LogP contribution in [-0.2, 0) is 28.8 Å². The van der Waals surface area contributed by atoms with Gasteiger partial charge >= 0.3 is 0 Å². The molecule has 1 atom stereocenters. The molecule has 1 N–H and O–H groups in total. The van der Waals surface area contributed by atoms with Crippen LogP contribution in [0.25, 0.3) is 10.8 Å². The summed E-state index contributed by atoms with van der Waals surface area (Å²) in [5.74, 6) is 1.32. The van der Waals surface area contributed by atoms with E-state index in [4.69, 9.17) is 9.26 Å². The largest absolute Gasteiger partial charge is 0.381 e. The summed E-state index contributed by atoms with van der Waals surface area (Å²) in [6.07, 6.45) is 4.09. The van der Waals surface area contributed by atoms with Gasteiger partial charge < -0.3 is 14.6 Å². The summed E-state index contributed by atoms with van der Waals surface area (Å²) in [7, 11) is 0. The van der Waals surface area contributed by atoms with Gasteiger partial charge in [-0.05, 0) is 42.5 Å². The highest BCUT2D eigenvalue weighted by Gasteiger charge is 2.18. The van der Waals surface area contributed by atoms with Gasteiger partial charge in [-0.3, -0.25) is 4.79 Å². The second kappa shape index (κ2) is 9.23. The molecule has 1 aliphatic rings. The monoisotopic (exact) mass is 392 g/mol. The molecule has 3 aromatic rings. The number of hydrogen-bond acceptors (Lipinski definition) is 4. The Kier molecular flexibility index (Phi) is 6.25. The third-order valence-corrected chi connectivity index (χ3v) is 5.74. The Labute approximate surface area is 171 Å². The van der Waals surface area contributed by atoms with E-state index in [1.165, 1.54) is 16.3 Å². The van der Waals surface area contributed by atoms with Gasteiger partial charge in [0, 0.05) is 31.1 Å². The molecule has 5 heteroatoms. The van der Waals surface area contributed by atoms with Crippen LogP contribution in [-0.4, -0.2) is 30.8 Å². The highest BCUT2D eigenvalue weighted by Crippen LogP contribution is 2.19. The summed E-state index contributed by atoms with van der Waals surface area (Å²) in [6.45, 7) is 4.21. The van der Waals surface area contributed by atoms with E-state index in [1.807, 2.05) is 6.92 Å². The Morgan fingerprint density at radius 3 is 2.86 bits per heavy atom. The molecule has 29 heavy (non-hydrogen) atoms. The van der Waals surface area contributed by atoms with Crippen molar-refractivity contribution < 1.29 is 14.1 Å². The average molecular weight is 392 g/mol. The normalized spacial score (nSPS) is 16.4. The topological polar surface area (TPSA) is 64.4 Å². The molecule has 1 aliphatic heterocycles. The zero-order valence-corrected chi connectivity index (χ0v) is 16.9. The molecule has 0 radical (unpaired) electrons. The molecule has 2 heterocycles. The van der Waals surface area contributed by atoms with Gasteiger partial charge in [0.05, 0.1) is 18.7 Å². The Morgan fingerprint density at radius 2 is 2.03 bits per heavy atom. The molecule has 1 aromatic heterocycles. The Morgan fingerprint density at radius 1 is 1.17 bits per heavy atom. The van der Waals surface area contributed by atoms with Crippen molar-refractivity contribution in [2.75, 3.05) is 19.8 Å². The average Bonchev–Trinajstić information content (AvgIpc) is 3.38. The first-order valence-electron chi connectivity index (χ1n) is 10.4. The molecule has 0 spiro atoms. The number of benzene rings is 2. The van der Waals surface area contributed by atoms with E-state index >= 15 is 0 Å². The van der Waals surface area contributed by atoms with Crippen LogP contribution >= 0.6 is 0 Å². The molecule has 152 valence electrons. The lowest BCUT2D eigenvalue weighted by atomic mass is 10.0. The van der Waals surface area contributed by atoms with Gasteiger partial charge in [0.25, 0.3) is 0 Å². The fourth-order valence-corrected chi connectivity index (χ4v) is 3.87. The number of rotatable bonds is 8. The van der Waals surface area contributed by atoms with Crippen molar-refractivity contribution in [1.29, 1.82) is 0 Å². The van der Waals surface area contributed by atoms with Crippen molar-refractivity contribution in [3.63, 3.8) is 0 Å². The minimum atomic E-state index is -0.00369. The maximum Gasteiger partial charge on any atom is 0.226 e. The quantitative estimate of drug-likeness (QED) is 0.629. The van der Waals surface area contributed by atoms with Crippen LogP contribution in [0.2, 0.25) is 0 Å². The molecular weight excluding hydrogens is 364 g/mol. The maximum atomic E-state index is 12.2. The second-order valence-corrected chi connectivity index (χ2v) is 7.92. The van der Waals surface area contributed by atoms with Crippen molar-refractivity contribution in [3.05, 3.63) is 65.0 Å². The summed E-state index contributed by atoms with van der Waals surface area (Å²) in [4.78, 5) is 12.2. The minimum absolute atomic E-state index is 0.00369. The number of aromatic nitrogens is 1. The minimum Gasteiger partial charge on any atom is -0.381 e. The van der Waals surface area contributed by atoms with Gasteiger partial charge in [0.15, 0.2) is 0 Å². The van der Waals surface area contributed by atoms with Crippen LogP contribution in [0, 0.1) is 12.8 Å². The SMILES string of the molecule is Cc1c(CC(=O)NCC2CCOC2)noc1CCCc1ccc2ccccc2c1. The van der Waals surface area contributed by atoms with Crippen molar-refractivity contribution in [3.8, 4) is 0 Å². The van der Waals surface area contributed by atoms with E-state index in [0.717, 1.165) is 55.9 Å². The first-order valence-corrected chi connectivity index (χ1v) is 10.4. The van der Waals surface area contributed by atoms with Crippen LogP contribution in [0.4, 0.5) is 0 Å². The van der Waals surface area contributed by atoms with Crippen molar-refractivity contribution in [2.24, 2.45) is 5.92 Å². The van der Waals surface area contributed by atoms with Crippen LogP contribution < -0.4 is 5.32 Å². The molecule has 1 unspecified atom stereocenters. The highest BCUT2D eigenvalue weighted by molar-refractivity contribution is 5.83.